The molecule has 2 heterocycles. The highest BCUT2D eigenvalue weighted by molar-refractivity contribution is 7.15. The number of benzene rings is 1. The molecule has 0 aliphatic carbocycles. The van der Waals surface area contributed by atoms with E-state index in [0.717, 1.165) is 5.56 Å². The van der Waals surface area contributed by atoms with Crippen LogP contribution in [0.1, 0.15) is 22.8 Å². The number of nitrogens with zero attached hydrogens (tertiary/aromatic N) is 1. The normalized spacial score (nSPS) is 10.4. The van der Waals surface area contributed by atoms with E-state index in [1.807, 2.05) is 5.38 Å². The van der Waals surface area contributed by atoms with Crippen molar-refractivity contribution in [2.75, 3.05) is 26.1 Å². The number of anilines is 1. The van der Waals surface area contributed by atoms with Crippen molar-refractivity contribution in [1.29, 1.82) is 0 Å². The van der Waals surface area contributed by atoms with E-state index in [1.54, 1.807) is 63.9 Å². The molecule has 7 nitrogen and oxygen atoms in total. The molecule has 0 radical (unpaired) electrons. The van der Waals surface area contributed by atoms with Crippen LogP contribution in [0.3, 0.4) is 0 Å². The van der Waals surface area contributed by atoms with Gasteiger partial charge in [-0.05, 0) is 42.8 Å². The zero-order chi connectivity index (χ0) is 21.5. The third-order valence-corrected chi connectivity index (χ3v) is 5.25. The fourth-order valence-corrected chi connectivity index (χ4v) is 3.94. The molecule has 3 rings (SSSR count). The van der Waals surface area contributed by atoms with Gasteiger partial charge in [-0.25, -0.2) is 4.79 Å². The Morgan fingerprint density at radius 1 is 1.10 bits per heavy atom. The first-order valence-electron chi connectivity index (χ1n) is 9.27. The zero-order valence-electron chi connectivity index (χ0n) is 16.9. The predicted octanol–water partition coefficient (Wildman–Crippen LogP) is 4.19. The van der Waals surface area contributed by atoms with E-state index in [2.05, 4.69) is 10.3 Å². The molecule has 3 aromatic rings. The third kappa shape index (κ3) is 4.77. The summed E-state index contributed by atoms with van der Waals surface area (Å²) in [5.41, 5.74) is 2.52. The summed E-state index contributed by atoms with van der Waals surface area (Å²) < 4.78 is 15.8. The van der Waals surface area contributed by atoms with Gasteiger partial charge in [-0.15, -0.1) is 11.3 Å². The smallest absolute Gasteiger partial charge is 0.341 e. The number of amides is 1. The third-order valence-electron chi connectivity index (χ3n) is 4.35. The number of rotatable bonds is 8. The van der Waals surface area contributed by atoms with Gasteiger partial charge < -0.3 is 19.5 Å². The Balaban J connectivity index is 1.88. The van der Waals surface area contributed by atoms with E-state index in [9.17, 15) is 9.59 Å². The fourth-order valence-electron chi connectivity index (χ4n) is 2.96. The Kier molecular flexibility index (Phi) is 7.03. The molecule has 1 N–H and O–H groups in total. The second-order valence-corrected chi connectivity index (χ2v) is 7.09. The Bertz CT molecular complexity index is 1030. The monoisotopic (exact) mass is 426 g/mol. The lowest BCUT2D eigenvalue weighted by Gasteiger charge is -2.11. The molecule has 8 heteroatoms. The Morgan fingerprint density at radius 3 is 2.53 bits per heavy atom. The summed E-state index contributed by atoms with van der Waals surface area (Å²) in [7, 11) is 3.10. The largest absolute Gasteiger partial charge is 0.497 e. The number of pyridine rings is 1. The summed E-state index contributed by atoms with van der Waals surface area (Å²) >= 11 is 1.27. The number of esters is 1. The summed E-state index contributed by atoms with van der Waals surface area (Å²) in [6.45, 7) is 1.97. The van der Waals surface area contributed by atoms with Gasteiger partial charge in [-0.3, -0.25) is 9.78 Å². The van der Waals surface area contributed by atoms with Crippen LogP contribution < -0.4 is 14.8 Å². The molecule has 0 spiro atoms. The molecule has 0 atom stereocenters. The van der Waals surface area contributed by atoms with Gasteiger partial charge in [-0.2, -0.15) is 0 Å². The Hall–Kier alpha value is -3.39. The minimum Gasteiger partial charge on any atom is -0.497 e. The molecule has 0 saturated carbocycles. The average molecular weight is 426 g/mol. The van der Waals surface area contributed by atoms with Crippen molar-refractivity contribution in [2.45, 2.75) is 13.3 Å². The zero-order valence-corrected chi connectivity index (χ0v) is 17.7. The van der Waals surface area contributed by atoms with E-state index >= 15 is 0 Å². The second kappa shape index (κ2) is 9.89. The molecule has 0 aliphatic heterocycles. The number of nitrogens with one attached hydrogen (secondary N) is 1. The van der Waals surface area contributed by atoms with Crippen LogP contribution in [0.5, 0.6) is 11.5 Å². The molecule has 2 aromatic heterocycles. The summed E-state index contributed by atoms with van der Waals surface area (Å²) in [5, 5.41) is 5.10. The number of aromatic nitrogens is 1. The van der Waals surface area contributed by atoms with Gasteiger partial charge in [0, 0.05) is 28.9 Å². The number of carbonyl (C=O) groups excluding carboxylic acids is 2. The summed E-state index contributed by atoms with van der Waals surface area (Å²) in [4.78, 5) is 29.4. The van der Waals surface area contributed by atoms with Crippen molar-refractivity contribution in [3.05, 3.63) is 59.2 Å². The van der Waals surface area contributed by atoms with Crippen LogP contribution in [0, 0.1) is 0 Å². The molecular formula is C22H22N2O5S. The minimum atomic E-state index is -0.486. The molecule has 0 unspecified atom stereocenters. The lowest BCUT2D eigenvalue weighted by molar-refractivity contribution is -0.115. The first-order chi connectivity index (χ1) is 14.6. The molecule has 156 valence electrons. The number of thiophene rings is 1. The number of methoxy groups -OCH3 is 2. The van der Waals surface area contributed by atoms with Crippen LogP contribution in [0.25, 0.3) is 11.1 Å². The Morgan fingerprint density at radius 2 is 1.87 bits per heavy atom. The lowest BCUT2D eigenvalue weighted by Crippen LogP contribution is -2.17. The predicted molar refractivity (Wildman–Crippen MR) is 115 cm³/mol. The SMILES string of the molecule is CCOC(=O)c1c(-c2ccncc2)csc1NC(=O)Cc1cc(OC)ccc1OC. The van der Waals surface area contributed by atoms with Gasteiger partial charge in [0.05, 0.1) is 27.2 Å². The van der Waals surface area contributed by atoms with Gasteiger partial charge in [0.15, 0.2) is 0 Å². The van der Waals surface area contributed by atoms with Gasteiger partial charge in [-0.1, -0.05) is 0 Å². The molecule has 0 fully saturated rings. The minimum absolute atomic E-state index is 0.0606. The average Bonchev–Trinajstić information content (AvgIpc) is 3.17. The lowest BCUT2D eigenvalue weighted by atomic mass is 10.1. The van der Waals surface area contributed by atoms with E-state index in [4.69, 9.17) is 14.2 Å². The van der Waals surface area contributed by atoms with Crippen molar-refractivity contribution in [1.82, 2.24) is 4.98 Å². The van der Waals surface area contributed by atoms with Gasteiger partial charge in [0.1, 0.15) is 22.1 Å². The van der Waals surface area contributed by atoms with Gasteiger partial charge >= 0.3 is 5.97 Å². The maximum atomic E-state index is 12.8. The maximum Gasteiger partial charge on any atom is 0.341 e. The molecule has 1 amide bonds. The van der Waals surface area contributed by atoms with Crippen LogP contribution in [0.4, 0.5) is 5.00 Å². The molecular weight excluding hydrogens is 404 g/mol. The fraction of sp³-hybridized carbons (Fsp3) is 0.227. The molecule has 0 aliphatic rings. The van der Waals surface area contributed by atoms with Crippen molar-refractivity contribution >= 4 is 28.2 Å². The van der Waals surface area contributed by atoms with Crippen molar-refractivity contribution in [2.24, 2.45) is 0 Å². The van der Waals surface area contributed by atoms with Crippen LogP contribution >= 0.6 is 11.3 Å². The summed E-state index contributed by atoms with van der Waals surface area (Å²) in [6.07, 6.45) is 3.36. The standard InChI is InChI=1S/C22H22N2O5S/c1-4-29-22(26)20-17(14-7-9-23-10-8-14)13-30-21(20)24-19(25)12-15-11-16(27-2)5-6-18(15)28-3/h5-11,13H,4,12H2,1-3H3,(H,24,25). The van der Waals surface area contributed by atoms with E-state index in [-0.39, 0.29) is 18.9 Å². The van der Waals surface area contributed by atoms with Crippen molar-refractivity contribution in [3.8, 4) is 22.6 Å². The first kappa shape index (κ1) is 21.3. The molecule has 1 aromatic carbocycles. The number of carbonyl (C=O) groups is 2. The van der Waals surface area contributed by atoms with Gasteiger partial charge in [0.25, 0.3) is 0 Å². The second-order valence-electron chi connectivity index (χ2n) is 6.21. The topological polar surface area (TPSA) is 86.8 Å². The van der Waals surface area contributed by atoms with Crippen LogP contribution in [0.15, 0.2) is 48.1 Å². The van der Waals surface area contributed by atoms with E-state index in [1.165, 1.54) is 11.3 Å². The molecule has 0 saturated heterocycles. The molecule has 0 bridgehead atoms. The molecule has 30 heavy (non-hydrogen) atoms. The van der Waals surface area contributed by atoms with Crippen LogP contribution in [-0.4, -0.2) is 37.7 Å². The quantitative estimate of drug-likeness (QED) is 0.544. The highest BCUT2D eigenvalue weighted by Crippen LogP contribution is 2.36. The van der Waals surface area contributed by atoms with Crippen LogP contribution in [0.2, 0.25) is 0 Å². The first-order valence-corrected chi connectivity index (χ1v) is 10.1. The summed E-state index contributed by atoms with van der Waals surface area (Å²) in [5.74, 6) is 0.442. The van der Waals surface area contributed by atoms with E-state index in [0.29, 0.717) is 33.2 Å². The van der Waals surface area contributed by atoms with Crippen molar-refractivity contribution in [3.63, 3.8) is 0 Å². The van der Waals surface area contributed by atoms with Crippen LogP contribution in [-0.2, 0) is 16.0 Å². The van der Waals surface area contributed by atoms with Gasteiger partial charge in [0.2, 0.25) is 5.91 Å². The highest BCUT2D eigenvalue weighted by atomic mass is 32.1. The van der Waals surface area contributed by atoms with E-state index < -0.39 is 5.97 Å². The summed E-state index contributed by atoms with van der Waals surface area (Å²) in [6, 6.07) is 8.87. The number of ether oxygens (including phenoxy) is 3. The maximum absolute atomic E-state index is 12.8. The highest BCUT2D eigenvalue weighted by Gasteiger charge is 2.23. The Labute approximate surface area is 178 Å². The van der Waals surface area contributed by atoms with Crippen molar-refractivity contribution < 1.29 is 23.8 Å². The number of hydrogen-bond acceptors (Lipinski definition) is 7. The number of hydrogen-bond donors (Lipinski definition) is 1.